The van der Waals surface area contributed by atoms with E-state index in [-0.39, 0.29) is 0 Å². The van der Waals surface area contributed by atoms with Crippen LogP contribution in [0.3, 0.4) is 0 Å². The molecule has 0 aromatic heterocycles. The van der Waals surface area contributed by atoms with Gasteiger partial charge in [-0.3, -0.25) is 0 Å². The topological polar surface area (TPSA) is 114 Å². The summed E-state index contributed by atoms with van der Waals surface area (Å²) in [6, 6.07) is 0. The number of unbranched alkanes of at least 4 members (excludes halogenated alkanes) is 13. The Morgan fingerprint density at radius 3 is 0.667 bits per heavy atom. The van der Waals surface area contributed by atoms with Crippen molar-refractivity contribution in [3.63, 3.8) is 0 Å². The highest BCUT2D eigenvalue weighted by atomic mass is 16.6. The molecule has 0 atom stereocenters. The van der Waals surface area contributed by atoms with E-state index in [1.807, 2.05) is 7.05 Å². The minimum atomic E-state index is 0.525. The molecule has 0 saturated carbocycles. The average molecular weight is 740 g/mol. The summed E-state index contributed by atoms with van der Waals surface area (Å²) in [6.07, 6.45) is 19.3. The van der Waals surface area contributed by atoms with Crippen LogP contribution in [-0.4, -0.2) is 159 Å². The lowest BCUT2D eigenvalue weighted by Crippen LogP contribution is -2.17. The standard InChI is InChI=1S/C39H81NO11/c1-3-4-5-6-7-8-9-10-11-12-13-14-15-16-18-41-20-22-43-24-26-45-28-30-47-32-34-49-36-38-51-39-37-50-35-33-48-31-29-46-27-25-44-23-21-42-19-17-40-2/h40H,3-39H2,1-2H3. The van der Waals surface area contributed by atoms with E-state index in [0.29, 0.717) is 139 Å². The molecule has 0 unspecified atom stereocenters. The van der Waals surface area contributed by atoms with E-state index in [1.165, 1.54) is 83.5 Å². The van der Waals surface area contributed by atoms with Crippen LogP contribution in [0.25, 0.3) is 0 Å². The van der Waals surface area contributed by atoms with Crippen LogP contribution < -0.4 is 5.32 Å². The van der Waals surface area contributed by atoms with Crippen molar-refractivity contribution in [1.29, 1.82) is 0 Å². The van der Waals surface area contributed by atoms with E-state index in [2.05, 4.69) is 12.2 Å². The summed E-state index contributed by atoms with van der Waals surface area (Å²) in [5.41, 5.74) is 0. The number of ether oxygens (including phenoxy) is 11. The molecule has 0 bridgehead atoms. The van der Waals surface area contributed by atoms with Crippen molar-refractivity contribution in [2.75, 3.05) is 159 Å². The molecule has 0 rings (SSSR count). The van der Waals surface area contributed by atoms with Gasteiger partial charge in [0.15, 0.2) is 0 Å². The van der Waals surface area contributed by atoms with E-state index in [9.17, 15) is 0 Å². The Kier molecular flexibility index (Phi) is 49.1. The Hall–Kier alpha value is -0.480. The molecule has 0 amide bonds. The molecule has 0 aliphatic rings. The van der Waals surface area contributed by atoms with Crippen LogP contribution in [0.4, 0.5) is 0 Å². The minimum Gasteiger partial charge on any atom is -0.379 e. The number of rotatable bonds is 48. The SMILES string of the molecule is CCCCCCCCCCCCCCCCOCCOCCOCCOCCOCCOCCOCCOCCOCCOCCOCCNC. The van der Waals surface area contributed by atoms with Gasteiger partial charge in [-0.15, -0.1) is 0 Å². The van der Waals surface area contributed by atoms with Crippen molar-refractivity contribution < 1.29 is 52.1 Å². The van der Waals surface area contributed by atoms with Gasteiger partial charge < -0.3 is 57.4 Å². The molecule has 308 valence electrons. The summed E-state index contributed by atoms with van der Waals surface area (Å²) in [7, 11) is 1.90. The first-order valence-corrected chi connectivity index (χ1v) is 20.4. The predicted molar refractivity (Wildman–Crippen MR) is 203 cm³/mol. The van der Waals surface area contributed by atoms with Crippen LogP contribution in [0.5, 0.6) is 0 Å². The van der Waals surface area contributed by atoms with Gasteiger partial charge in [-0.2, -0.15) is 0 Å². The molecule has 0 spiro atoms. The van der Waals surface area contributed by atoms with E-state index < -0.39 is 0 Å². The second-order valence-electron chi connectivity index (χ2n) is 12.4. The maximum atomic E-state index is 5.68. The Bertz CT molecular complexity index is 547. The normalized spacial score (nSPS) is 11.6. The maximum Gasteiger partial charge on any atom is 0.0701 e. The second kappa shape index (κ2) is 49.5. The van der Waals surface area contributed by atoms with Gasteiger partial charge in [-0.25, -0.2) is 0 Å². The third-order valence-corrected chi connectivity index (χ3v) is 7.86. The highest BCUT2D eigenvalue weighted by molar-refractivity contribution is 4.49. The second-order valence-corrected chi connectivity index (χ2v) is 12.4. The zero-order chi connectivity index (χ0) is 36.6. The molecule has 12 heteroatoms. The Morgan fingerprint density at radius 2 is 0.431 bits per heavy atom. The lowest BCUT2D eigenvalue weighted by molar-refractivity contribution is -0.0274. The average Bonchev–Trinajstić information content (AvgIpc) is 3.14. The summed E-state index contributed by atoms with van der Waals surface area (Å²) < 4.78 is 60.6. The molecule has 0 aromatic rings. The Labute approximate surface area is 312 Å². The van der Waals surface area contributed by atoms with Crippen LogP contribution >= 0.6 is 0 Å². The quantitative estimate of drug-likeness (QED) is 0.0754. The van der Waals surface area contributed by atoms with Gasteiger partial charge in [-0.1, -0.05) is 90.4 Å². The van der Waals surface area contributed by atoms with Crippen molar-refractivity contribution in [2.24, 2.45) is 0 Å². The van der Waals surface area contributed by atoms with Gasteiger partial charge in [-0.05, 0) is 13.5 Å². The maximum absolute atomic E-state index is 5.68. The third kappa shape index (κ3) is 49.5. The van der Waals surface area contributed by atoms with Gasteiger partial charge in [0, 0.05) is 13.2 Å². The van der Waals surface area contributed by atoms with Gasteiger partial charge in [0.2, 0.25) is 0 Å². The molecular formula is C39H81NO11. The molecule has 12 nitrogen and oxygen atoms in total. The minimum absolute atomic E-state index is 0.525. The molecule has 0 heterocycles. The zero-order valence-electron chi connectivity index (χ0n) is 33.2. The highest BCUT2D eigenvalue weighted by Gasteiger charge is 1.98. The number of nitrogens with one attached hydrogen (secondary N) is 1. The summed E-state index contributed by atoms with van der Waals surface area (Å²) >= 11 is 0. The van der Waals surface area contributed by atoms with Crippen molar-refractivity contribution in [3.05, 3.63) is 0 Å². The smallest absolute Gasteiger partial charge is 0.0701 e. The molecule has 0 aliphatic heterocycles. The summed E-state index contributed by atoms with van der Waals surface area (Å²) in [5, 5.41) is 3.03. The molecule has 0 saturated heterocycles. The monoisotopic (exact) mass is 740 g/mol. The van der Waals surface area contributed by atoms with Gasteiger partial charge in [0.05, 0.1) is 139 Å². The van der Waals surface area contributed by atoms with Gasteiger partial charge in [0.1, 0.15) is 0 Å². The summed E-state index contributed by atoms with van der Waals surface area (Å²) in [6.45, 7) is 15.7. The molecular weight excluding hydrogens is 658 g/mol. The van der Waals surface area contributed by atoms with Crippen LogP contribution in [0.1, 0.15) is 96.8 Å². The van der Waals surface area contributed by atoms with Crippen LogP contribution in [-0.2, 0) is 52.1 Å². The largest absolute Gasteiger partial charge is 0.379 e. The van der Waals surface area contributed by atoms with E-state index in [0.717, 1.165) is 19.6 Å². The molecule has 0 radical (unpaired) electrons. The molecule has 0 fully saturated rings. The zero-order valence-corrected chi connectivity index (χ0v) is 33.2. The number of hydrogen-bond acceptors (Lipinski definition) is 12. The van der Waals surface area contributed by atoms with Crippen molar-refractivity contribution in [3.8, 4) is 0 Å². The fraction of sp³-hybridized carbons (Fsp3) is 1.00. The van der Waals surface area contributed by atoms with Crippen molar-refractivity contribution >= 4 is 0 Å². The number of hydrogen-bond donors (Lipinski definition) is 1. The summed E-state index contributed by atoms with van der Waals surface area (Å²) in [4.78, 5) is 0. The lowest BCUT2D eigenvalue weighted by Gasteiger charge is -2.09. The first kappa shape index (κ1) is 50.5. The van der Waals surface area contributed by atoms with E-state index in [1.54, 1.807) is 0 Å². The van der Waals surface area contributed by atoms with Crippen molar-refractivity contribution in [1.82, 2.24) is 5.32 Å². The molecule has 1 N–H and O–H groups in total. The number of likely N-dealkylation sites (N-methyl/N-ethyl adjacent to an activating group) is 1. The third-order valence-electron chi connectivity index (χ3n) is 7.86. The van der Waals surface area contributed by atoms with Crippen LogP contribution in [0, 0.1) is 0 Å². The van der Waals surface area contributed by atoms with Gasteiger partial charge >= 0.3 is 0 Å². The molecule has 0 aromatic carbocycles. The van der Waals surface area contributed by atoms with Crippen LogP contribution in [0.15, 0.2) is 0 Å². The molecule has 51 heavy (non-hydrogen) atoms. The Balaban J connectivity index is 3.04. The van der Waals surface area contributed by atoms with E-state index in [4.69, 9.17) is 52.1 Å². The first-order chi connectivity index (χ1) is 25.4. The fourth-order valence-corrected chi connectivity index (χ4v) is 4.87. The lowest BCUT2D eigenvalue weighted by atomic mass is 10.0. The molecule has 0 aliphatic carbocycles. The fourth-order valence-electron chi connectivity index (χ4n) is 4.87. The Morgan fingerprint density at radius 1 is 0.235 bits per heavy atom. The van der Waals surface area contributed by atoms with E-state index >= 15 is 0 Å². The highest BCUT2D eigenvalue weighted by Crippen LogP contribution is 2.13. The predicted octanol–water partition coefficient (Wildman–Crippen LogP) is 5.87. The van der Waals surface area contributed by atoms with Crippen LogP contribution in [0.2, 0.25) is 0 Å². The summed E-state index contributed by atoms with van der Waals surface area (Å²) in [5.74, 6) is 0. The van der Waals surface area contributed by atoms with Crippen molar-refractivity contribution in [2.45, 2.75) is 96.8 Å². The first-order valence-electron chi connectivity index (χ1n) is 20.4. The van der Waals surface area contributed by atoms with Gasteiger partial charge in [0.25, 0.3) is 0 Å².